The van der Waals surface area contributed by atoms with Gasteiger partial charge in [0.05, 0.1) is 18.4 Å². The van der Waals surface area contributed by atoms with Gasteiger partial charge < -0.3 is 9.84 Å². The number of amides is 1. The van der Waals surface area contributed by atoms with Crippen molar-refractivity contribution in [3.8, 4) is 5.75 Å². The maximum absolute atomic E-state index is 12.7. The number of aromatic carboxylic acids is 1. The number of benzene rings is 2. The highest BCUT2D eigenvalue weighted by atomic mass is 16.5. The van der Waals surface area contributed by atoms with Crippen LogP contribution in [-0.4, -0.2) is 24.1 Å². The van der Waals surface area contributed by atoms with Gasteiger partial charge in [-0.15, -0.1) is 0 Å². The zero-order chi connectivity index (χ0) is 21.8. The summed E-state index contributed by atoms with van der Waals surface area (Å²) in [6.07, 6.45) is 7.62. The topological polar surface area (TPSA) is 66.8 Å². The largest absolute Gasteiger partial charge is 0.496 e. The Morgan fingerprint density at radius 3 is 2.16 bits per heavy atom. The minimum atomic E-state index is -1.04. The summed E-state index contributed by atoms with van der Waals surface area (Å²) in [6.45, 7) is 1.48. The minimum absolute atomic E-state index is 0.102. The van der Waals surface area contributed by atoms with Crippen molar-refractivity contribution in [1.29, 1.82) is 0 Å². The van der Waals surface area contributed by atoms with Crippen molar-refractivity contribution in [1.82, 2.24) is 0 Å². The van der Waals surface area contributed by atoms with Crippen LogP contribution in [0.2, 0.25) is 0 Å². The molecule has 0 heterocycles. The van der Waals surface area contributed by atoms with E-state index in [1.807, 2.05) is 12.1 Å². The van der Waals surface area contributed by atoms with Crippen molar-refractivity contribution < 1.29 is 19.4 Å². The predicted octanol–water partition coefficient (Wildman–Crippen LogP) is 5.55. The highest BCUT2D eigenvalue weighted by Gasteiger charge is 2.52. The lowest BCUT2D eigenvalue weighted by molar-refractivity contribution is -0.115. The van der Waals surface area contributed by atoms with Gasteiger partial charge in [0.25, 0.3) is 0 Å². The van der Waals surface area contributed by atoms with E-state index in [1.165, 1.54) is 62.0 Å². The van der Waals surface area contributed by atoms with Crippen molar-refractivity contribution in [2.24, 2.45) is 17.8 Å². The number of ether oxygens (including phenoxy) is 1. The van der Waals surface area contributed by atoms with E-state index in [1.54, 1.807) is 25.3 Å². The summed E-state index contributed by atoms with van der Waals surface area (Å²) in [7, 11) is 1.71. The summed E-state index contributed by atoms with van der Waals surface area (Å²) in [4.78, 5) is 26.1. The molecule has 0 atom stereocenters. The summed E-state index contributed by atoms with van der Waals surface area (Å²) < 4.78 is 5.80. The van der Waals surface area contributed by atoms with Gasteiger partial charge in [-0.05, 0) is 92.0 Å². The first-order valence-electron chi connectivity index (χ1n) is 11.2. The van der Waals surface area contributed by atoms with Gasteiger partial charge in [0, 0.05) is 18.2 Å². The van der Waals surface area contributed by atoms with E-state index < -0.39 is 5.97 Å². The maximum Gasteiger partial charge on any atom is 0.337 e. The standard InChI is InChI=1S/C26H29NO4/c1-16(28)27(23-6-4-3-5-21(23)25(29)30)20-7-8-24(31-2)22(12-20)26-13-17-9-18(14-26)11-19(10-17)15-26/h3-8,12,17-19H,9-11,13-15H2,1-2H3,(H,29,30). The zero-order valence-electron chi connectivity index (χ0n) is 18.1. The number of carbonyl (C=O) groups is 2. The molecule has 4 aliphatic rings. The lowest BCUT2D eigenvalue weighted by Gasteiger charge is -2.57. The number of carbonyl (C=O) groups excluding carboxylic acids is 1. The number of nitrogens with zero attached hydrogens (tertiary/aromatic N) is 1. The first kappa shape index (κ1) is 20.1. The van der Waals surface area contributed by atoms with Gasteiger partial charge in [0.1, 0.15) is 5.75 Å². The Morgan fingerprint density at radius 2 is 1.61 bits per heavy atom. The lowest BCUT2D eigenvalue weighted by atomic mass is 9.48. The van der Waals surface area contributed by atoms with Crippen LogP contribution in [0.25, 0.3) is 0 Å². The molecule has 5 nitrogen and oxygen atoms in total. The number of para-hydroxylation sites is 1. The molecule has 4 bridgehead atoms. The van der Waals surface area contributed by atoms with Crippen molar-refractivity contribution in [3.05, 3.63) is 53.6 Å². The molecule has 31 heavy (non-hydrogen) atoms. The normalized spacial score (nSPS) is 28.4. The van der Waals surface area contributed by atoms with E-state index in [4.69, 9.17) is 4.74 Å². The fourth-order valence-corrected chi connectivity index (χ4v) is 7.03. The van der Waals surface area contributed by atoms with E-state index in [0.29, 0.717) is 11.4 Å². The molecule has 0 spiro atoms. The smallest absolute Gasteiger partial charge is 0.337 e. The zero-order valence-corrected chi connectivity index (χ0v) is 18.1. The van der Waals surface area contributed by atoms with Crippen molar-refractivity contribution >= 4 is 23.3 Å². The van der Waals surface area contributed by atoms with E-state index in [0.717, 1.165) is 23.5 Å². The summed E-state index contributed by atoms with van der Waals surface area (Å²) in [6, 6.07) is 12.6. The van der Waals surface area contributed by atoms with Crippen molar-refractivity contribution in [2.75, 3.05) is 12.0 Å². The van der Waals surface area contributed by atoms with Gasteiger partial charge >= 0.3 is 5.97 Å². The molecule has 2 aromatic carbocycles. The Kier molecular flexibility index (Phi) is 4.80. The quantitative estimate of drug-likeness (QED) is 0.690. The predicted molar refractivity (Wildman–Crippen MR) is 119 cm³/mol. The number of methoxy groups -OCH3 is 1. The van der Waals surface area contributed by atoms with Gasteiger partial charge in [-0.3, -0.25) is 9.69 Å². The van der Waals surface area contributed by atoms with E-state index in [-0.39, 0.29) is 16.9 Å². The number of hydrogen-bond donors (Lipinski definition) is 1. The third-order valence-electron chi connectivity index (χ3n) is 7.74. The van der Waals surface area contributed by atoms with Crippen LogP contribution >= 0.6 is 0 Å². The first-order valence-corrected chi connectivity index (χ1v) is 11.2. The Bertz CT molecular complexity index is 1010. The molecule has 162 valence electrons. The highest BCUT2D eigenvalue weighted by Crippen LogP contribution is 2.62. The molecule has 0 unspecified atom stereocenters. The summed E-state index contributed by atoms with van der Waals surface area (Å²) in [5.74, 6) is 1.98. The molecule has 5 heteroatoms. The second kappa shape index (κ2) is 7.40. The van der Waals surface area contributed by atoms with Crippen LogP contribution in [0.5, 0.6) is 5.75 Å². The van der Waals surface area contributed by atoms with Crippen LogP contribution in [0.3, 0.4) is 0 Å². The van der Waals surface area contributed by atoms with Crippen LogP contribution in [0, 0.1) is 17.8 Å². The van der Waals surface area contributed by atoms with Gasteiger partial charge in [0.2, 0.25) is 5.91 Å². The van der Waals surface area contributed by atoms with E-state index in [2.05, 4.69) is 6.07 Å². The highest BCUT2D eigenvalue weighted by molar-refractivity contribution is 6.05. The third-order valence-corrected chi connectivity index (χ3v) is 7.74. The molecule has 0 aliphatic heterocycles. The second-order valence-corrected chi connectivity index (χ2v) is 9.76. The van der Waals surface area contributed by atoms with Crippen LogP contribution in [0.1, 0.15) is 61.4 Å². The molecule has 4 fully saturated rings. The SMILES string of the molecule is COc1ccc(N(C(C)=O)c2ccccc2C(=O)O)cc1C12CC3CC(CC(C3)C1)C2. The van der Waals surface area contributed by atoms with Crippen LogP contribution in [0.15, 0.2) is 42.5 Å². The number of rotatable bonds is 5. The number of carboxylic acid groups (broad SMARTS) is 1. The van der Waals surface area contributed by atoms with E-state index in [9.17, 15) is 14.7 Å². The average Bonchev–Trinajstić information content (AvgIpc) is 2.73. The third kappa shape index (κ3) is 3.31. The molecule has 6 rings (SSSR count). The average molecular weight is 420 g/mol. The van der Waals surface area contributed by atoms with Gasteiger partial charge in [-0.1, -0.05) is 12.1 Å². The Hall–Kier alpha value is -2.82. The van der Waals surface area contributed by atoms with Gasteiger partial charge in [-0.2, -0.15) is 0 Å². The van der Waals surface area contributed by atoms with Crippen LogP contribution in [-0.2, 0) is 10.2 Å². The molecule has 1 N–H and O–H groups in total. The van der Waals surface area contributed by atoms with Gasteiger partial charge in [0.15, 0.2) is 0 Å². The number of hydrogen-bond acceptors (Lipinski definition) is 3. The summed E-state index contributed by atoms with van der Waals surface area (Å²) >= 11 is 0. The molecule has 1 amide bonds. The van der Waals surface area contributed by atoms with E-state index >= 15 is 0 Å². The van der Waals surface area contributed by atoms with Crippen molar-refractivity contribution in [2.45, 2.75) is 50.9 Å². The Morgan fingerprint density at radius 1 is 1.00 bits per heavy atom. The maximum atomic E-state index is 12.7. The molecule has 4 saturated carbocycles. The van der Waals surface area contributed by atoms with Crippen LogP contribution in [0.4, 0.5) is 11.4 Å². The Labute approximate surface area is 183 Å². The van der Waals surface area contributed by atoms with Crippen molar-refractivity contribution in [3.63, 3.8) is 0 Å². The fraction of sp³-hybridized carbons (Fsp3) is 0.462. The molecular weight excluding hydrogens is 390 g/mol. The van der Waals surface area contributed by atoms with Crippen LogP contribution < -0.4 is 9.64 Å². The first-order chi connectivity index (χ1) is 14.9. The second-order valence-electron chi connectivity index (χ2n) is 9.76. The Balaban J connectivity index is 1.63. The van der Waals surface area contributed by atoms with Gasteiger partial charge in [-0.25, -0.2) is 4.79 Å². The summed E-state index contributed by atoms with van der Waals surface area (Å²) in [5.41, 5.74) is 2.50. The fourth-order valence-electron chi connectivity index (χ4n) is 7.03. The lowest BCUT2D eigenvalue weighted by Crippen LogP contribution is -2.48. The monoisotopic (exact) mass is 419 g/mol. The molecule has 0 aromatic heterocycles. The molecular formula is C26H29NO4. The molecule has 0 radical (unpaired) electrons. The minimum Gasteiger partial charge on any atom is -0.496 e. The number of carboxylic acids is 1. The summed E-state index contributed by atoms with van der Waals surface area (Å²) in [5, 5.41) is 9.68. The molecule has 2 aromatic rings. The number of anilines is 2. The molecule has 4 aliphatic carbocycles. The molecule has 0 saturated heterocycles.